The number of rotatable bonds is 4. The van der Waals surface area contributed by atoms with Gasteiger partial charge in [-0.25, -0.2) is 4.79 Å². The topological polar surface area (TPSA) is 89.7 Å². The van der Waals surface area contributed by atoms with Crippen molar-refractivity contribution in [1.82, 2.24) is 0 Å². The summed E-state index contributed by atoms with van der Waals surface area (Å²) >= 11 is 0. The SMILES string of the molecule is CCOC(=O)[C@](O)(C[N+](=O)[O-])C(F)(F)F. The molecule has 0 saturated heterocycles. The van der Waals surface area contributed by atoms with Crippen LogP contribution in [0.4, 0.5) is 13.2 Å². The Kier molecular flexibility index (Phi) is 4.02. The van der Waals surface area contributed by atoms with E-state index in [-0.39, 0.29) is 0 Å². The molecule has 15 heavy (non-hydrogen) atoms. The molecule has 6 nitrogen and oxygen atoms in total. The van der Waals surface area contributed by atoms with Gasteiger partial charge in [0.1, 0.15) is 0 Å². The molecule has 0 aromatic carbocycles. The van der Waals surface area contributed by atoms with Crippen molar-refractivity contribution in [1.29, 1.82) is 0 Å². The van der Waals surface area contributed by atoms with E-state index in [1.807, 2.05) is 0 Å². The Bertz CT molecular complexity index is 266. The number of alkyl halides is 3. The third-order valence-corrected chi connectivity index (χ3v) is 1.44. The fourth-order valence-electron chi connectivity index (χ4n) is 0.707. The molecule has 0 bridgehead atoms. The second-order valence-electron chi connectivity index (χ2n) is 2.57. The van der Waals surface area contributed by atoms with Crippen LogP contribution in [0.3, 0.4) is 0 Å². The largest absolute Gasteiger partial charge is 0.463 e. The lowest BCUT2D eigenvalue weighted by molar-refractivity contribution is -0.510. The zero-order chi connectivity index (χ0) is 12.3. The van der Waals surface area contributed by atoms with E-state index in [0.717, 1.165) is 0 Å². The third-order valence-electron chi connectivity index (χ3n) is 1.44. The fraction of sp³-hybridized carbons (Fsp3) is 0.833. The molecule has 9 heteroatoms. The molecule has 0 spiro atoms. The summed E-state index contributed by atoms with van der Waals surface area (Å²) < 4.78 is 40.5. The molecule has 0 unspecified atom stereocenters. The number of nitrogens with zero attached hydrogens (tertiary/aromatic N) is 1. The molecule has 1 atom stereocenters. The van der Waals surface area contributed by atoms with Crippen LogP contribution in [0, 0.1) is 10.1 Å². The number of hydrogen-bond acceptors (Lipinski definition) is 5. The Morgan fingerprint density at radius 2 is 2.00 bits per heavy atom. The number of ether oxygens (including phenoxy) is 1. The molecule has 0 aliphatic rings. The number of halogens is 3. The third kappa shape index (κ3) is 3.05. The molecule has 0 amide bonds. The Morgan fingerprint density at radius 3 is 2.27 bits per heavy atom. The summed E-state index contributed by atoms with van der Waals surface area (Å²) in [6.45, 7) is -1.19. The number of nitro groups is 1. The highest BCUT2D eigenvalue weighted by atomic mass is 19.4. The van der Waals surface area contributed by atoms with E-state index in [1.165, 1.54) is 6.92 Å². The summed E-state index contributed by atoms with van der Waals surface area (Å²) in [4.78, 5) is 19.2. The average Bonchev–Trinajstić information content (AvgIpc) is 2.01. The Hall–Kier alpha value is -1.38. The zero-order valence-corrected chi connectivity index (χ0v) is 7.58. The van der Waals surface area contributed by atoms with Gasteiger partial charge in [0.05, 0.1) is 6.61 Å². The van der Waals surface area contributed by atoms with Crippen LogP contribution in [-0.4, -0.2) is 40.9 Å². The first-order chi connectivity index (χ1) is 6.65. The van der Waals surface area contributed by atoms with Crippen molar-refractivity contribution in [2.75, 3.05) is 13.2 Å². The standard InChI is InChI=1S/C6H8F3NO5/c1-2-15-4(11)5(12,3-10(13)14)6(7,8)9/h12H,2-3H2,1H3/t5-/m1/s1. The van der Waals surface area contributed by atoms with Gasteiger partial charge in [0, 0.05) is 4.92 Å². The van der Waals surface area contributed by atoms with E-state index in [2.05, 4.69) is 4.74 Å². The normalized spacial score (nSPS) is 15.5. The maximum Gasteiger partial charge on any atom is 0.434 e. The van der Waals surface area contributed by atoms with Gasteiger partial charge in [-0.3, -0.25) is 10.1 Å². The van der Waals surface area contributed by atoms with E-state index < -0.39 is 35.8 Å². The summed E-state index contributed by atoms with van der Waals surface area (Å²) in [5.41, 5.74) is -4.09. The molecule has 0 heterocycles. The lowest BCUT2D eigenvalue weighted by Gasteiger charge is -2.23. The highest BCUT2D eigenvalue weighted by Gasteiger charge is 2.64. The van der Waals surface area contributed by atoms with Crippen molar-refractivity contribution in [3.8, 4) is 0 Å². The van der Waals surface area contributed by atoms with Crippen molar-refractivity contribution in [3.05, 3.63) is 10.1 Å². The molecule has 0 aliphatic carbocycles. The maximum absolute atomic E-state index is 12.2. The summed E-state index contributed by atoms with van der Waals surface area (Å²) in [5.74, 6) is -2.07. The van der Waals surface area contributed by atoms with E-state index in [1.54, 1.807) is 0 Å². The Morgan fingerprint density at radius 1 is 1.53 bits per heavy atom. The van der Waals surface area contributed by atoms with Crippen LogP contribution in [0.1, 0.15) is 6.92 Å². The van der Waals surface area contributed by atoms with Gasteiger partial charge in [0.25, 0.3) is 6.54 Å². The van der Waals surface area contributed by atoms with E-state index in [9.17, 15) is 28.1 Å². The second kappa shape index (κ2) is 4.43. The number of carbonyl (C=O) groups excluding carboxylic acids is 1. The average molecular weight is 231 g/mol. The van der Waals surface area contributed by atoms with Gasteiger partial charge in [0.15, 0.2) is 0 Å². The first kappa shape index (κ1) is 13.6. The molecule has 0 aliphatic heterocycles. The van der Waals surface area contributed by atoms with Crippen LogP contribution in [0.2, 0.25) is 0 Å². The predicted octanol–water partition coefficient (Wildman–Crippen LogP) is 0.120. The molecule has 0 saturated carbocycles. The smallest absolute Gasteiger partial charge is 0.434 e. The summed E-state index contributed by atoms with van der Waals surface area (Å²) in [5, 5.41) is 18.8. The van der Waals surface area contributed by atoms with Gasteiger partial charge in [-0.1, -0.05) is 0 Å². The van der Waals surface area contributed by atoms with Crippen molar-refractivity contribution in [2.24, 2.45) is 0 Å². The molecule has 0 radical (unpaired) electrons. The highest BCUT2D eigenvalue weighted by molar-refractivity contribution is 5.80. The van der Waals surface area contributed by atoms with Gasteiger partial charge in [-0.2, -0.15) is 13.2 Å². The first-order valence-corrected chi connectivity index (χ1v) is 3.73. The fourth-order valence-corrected chi connectivity index (χ4v) is 0.707. The molecular weight excluding hydrogens is 223 g/mol. The van der Waals surface area contributed by atoms with Crippen molar-refractivity contribution in [3.63, 3.8) is 0 Å². The van der Waals surface area contributed by atoms with Crippen LogP contribution in [0.15, 0.2) is 0 Å². The minimum absolute atomic E-state index is 0.422. The van der Waals surface area contributed by atoms with Crippen molar-refractivity contribution in [2.45, 2.75) is 18.7 Å². The molecule has 1 N–H and O–H groups in total. The van der Waals surface area contributed by atoms with Gasteiger partial charge < -0.3 is 9.84 Å². The van der Waals surface area contributed by atoms with Crippen LogP contribution in [0.25, 0.3) is 0 Å². The van der Waals surface area contributed by atoms with Crippen LogP contribution >= 0.6 is 0 Å². The maximum atomic E-state index is 12.2. The molecular formula is C6H8F3NO5. The van der Waals surface area contributed by atoms with Crippen LogP contribution in [0.5, 0.6) is 0 Å². The van der Waals surface area contributed by atoms with Gasteiger partial charge in [0.2, 0.25) is 0 Å². The van der Waals surface area contributed by atoms with E-state index in [4.69, 9.17) is 5.11 Å². The molecule has 0 rings (SSSR count). The minimum atomic E-state index is -5.45. The second-order valence-corrected chi connectivity index (χ2v) is 2.57. The summed E-state index contributed by atoms with van der Waals surface area (Å²) in [6, 6.07) is 0. The minimum Gasteiger partial charge on any atom is -0.463 e. The number of esters is 1. The first-order valence-electron chi connectivity index (χ1n) is 3.73. The highest BCUT2D eigenvalue weighted by Crippen LogP contribution is 2.31. The number of hydrogen-bond donors (Lipinski definition) is 1. The van der Waals surface area contributed by atoms with Crippen molar-refractivity contribution < 1.29 is 32.7 Å². The lowest BCUT2D eigenvalue weighted by atomic mass is 10.0. The Balaban J connectivity index is 5.02. The van der Waals surface area contributed by atoms with Crippen molar-refractivity contribution >= 4 is 5.97 Å². The monoisotopic (exact) mass is 231 g/mol. The predicted molar refractivity (Wildman–Crippen MR) is 39.5 cm³/mol. The molecule has 88 valence electrons. The molecule has 0 aromatic rings. The molecule has 0 fully saturated rings. The van der Waals surface area contributed by atoms with E-state index in [0.29, 0.717) is 0 Å². The van der Waals surface area contributed by atoms with Crippen LogP contribution < -0.4 is 0 Å². The zero-order valence-electron chi connectivity index (χ0n) is 7.58. The number of carbonyl (C=O) groups is 1. The number of aliphatic hydroxyl groups is 1. The van der Waals surface area contributed by atoms with Crippen LogP contribution in [-0.2, 0) is 9.53 Å². The molecule has 0 aromatic heterocycles. The Labute approximate surface area is 81.8 Å². The quantitative estimate of drug-likeness (QED) is 0.421. The summed E-state index contributed by atoms with van der Waals surface area (Å²) in [7, 11) is 0. The summed E-state index contributed by atoms with van der Waals surface area (Å²) in [6.07, 6.45) is -5.45. The van der Waals surface area contributed by atoms with E-state index >= 15 is 0 Å². The van der Waals surface area contributed by atoms with Gasteiger partial charge in [-0.05, 0) is 6.92 Å². The van der Waals surface area contributed by atoms with Gasteiger partial charge >= 0.3 is 17.7 Å². The van der Waals surface area contributed by atoms with Gasteiger partial charge in [-0.15, -0.1) is 0 Å². The lowest BCUT2D eigenvalue weighted by Crippen LogP contribution is -2.57.